The monoisotopic (exact) mass is 407 g/mol. The van der Waals surface area contributed by atoms with Crippen molar-refractivity contribution in [2.45, 2.75) is 77.5 Å². The van der Waals surface area contributed by atoms with Crippen LogP contribution < -0.4 is 10.9 Å². The van der Waals surface area contributed by atoms with E-state index in [1.165, 1.54) is 28.6 Å². The first-order valence-corrected chi connectivity index (χ1v) is 11.6. The molecular weight excluding hydrogens is 378 g/mol. The summed E-state index contributed by atoms with van der Waals surface area (Å²) in [5.41, 5.74) is 1.30. The number of hydrogen-bond donors (Lipinski definition) is 1. The van der Waals surface area contributed by atoms with Crippen molar-refractivity contribution in [1.82, 2.24) is 14.9 Å². The summed E-state index contributed by atoms with van der Waals surface area (Å²) in [5.74, 6) is 0.763. The van der Waals surface area contributed by atoms with Crippen LogP contribution in [0.25, 0.3) is 10.2 Å². The Kier molecular flexibility index (Phi) is 6.63. The molecule has 2 aromatic rings. The fourth-order valence-electron chi connectivity index (χ4n) is 3.41. The molecule has 1 N–H and O–H groups in total. The maximum absolute atomic E-state index is 13.3. The Morgan fingerprint density at radius 1 is 1.26 bits per heavy atom. The van der Waals surface area contributed by atoms with E-state index in [-0.39, 0.29) is 23.3 Å². The van der Waals surface area contributed by atoms with E-state index in [0.29, 0.717) is 17.6 Å². The summed E-state index contributed by atoms with van der Waals surface area (Å²) in [6, 6.07) is 0.112. The molecular formula is C20H29N3O2S2. The second-order valence-electron chi connectivity index (χ2n) is 7.94. The third-order valence-corrected chi connectivity index (χ3v) is 6.91. The second-order valence-corrected chi connectivity index (χ2v) is 9.96. The Bertz CT molecular complexity index is 883. The zero-order valence-electron chi connectivity index (χ0n) is 16.6. The van der Waals surface area contributed by atoms with Crippen LogP contribution in [-0.2, 0) is 24.2 Å². The first kappa shape index (κ1) is 20.4. The summed E-state index contributed by atoms with van der Waals surface area (Å²) in [7, 11) is 0. The normalized spacial score (nSPS) is 14.1. The summed E-state index contributed by atoms with van der Waals surface area (Å²) in [5, 5.41) is 4.40. The largest absolute Gasteiger partial charge is 0.353 e. The van der Waals surface area contributed by atoms with Crippen molar-refractivity contribution in [1.29, 1.82) is 0 Å². The lowest BCUT2D eigenvalue weighted by Crippen LogP contribution is -2.32. The molecule has 7 heteroatoms. The van der Waals surface area contributed by atoms with Crippen LogP contribution in [0.3, 0.4) is 0 Å². The Labute approximate surface area is 169 Å². The number of thiophene rings is 1. The van der Waals surface area contributed by atoms with Gasteiger partial charge in [0.1, 0.15) is 4.83 Å². The molecule has 0 bridgehead atoms. The highest BCUT2D eigenvalue weighted by Gasteiger charge is 2.22. The zero-order chi connectivity index (χ0) is 19.6. The van der Waals surface area contributed by atoms with Gasteiger partial charge < -0.3 is 5.32 Å². The average molecular weight is 408 g/mol. The molecule has 0 aliphatic heterocycles. The standard InChI is InChI=1S/C20H29N3O2S2/c1-12(2)9-10-23-19(25)17-14-7-5-6-8-15(14)27-18(17)22-20(23)26-11-16(24)21-13(3)4/h12-13H,5-11H2,1-4H3,(H,21,24). The van der Waals surface area contributed by atoms with E-state index in [1.54, 1.807) is 15.9 Å². The van der Waals surface area contributed by atoms with Gasteiger partial charge in [0.25, 0.3) is 5.56 Å². The highest BCUT2D eigenvalue weighted by atomic mass is 32.2. The first-order valence-electron chi connectivity index (χ1n) is 9.84. The molecule has 0 fully saturated rings. The molecule has 1 aliphatic rings. The van der Waals surface area contributed by atoms with Gasteiger partial charge in [0.2, 0.25) is 5.91 Å². The summed E-state index contributed by atoms with van der Waals surface area (Å²) < 4.78 is 1.80. The Morgan fingerprint density at radius 2 is 2.00 bits per heavy atom. The summed E-state index contributed by atoms with van der Waals surface area (Å²) in [6.07, 6.45) is 5.31. The lowest BCUT2D eigenvalue weighted by atomic mass is 9.97. The molecule has 0 spiro atoms. The molecule has 1 amide bonds. The van der Waals surface area contributed by atoms with Crippen LogP contribution in [0, 0.1) is 5.92 Å². The average Bonchev–Trinajstić information content (AvgIpc) is 2.97. The van der Waals surface area contributed by atoms with Crippen LogP contribution in [0.2, 0.25) is 0 Å². The van der Waals surface area contributed by atoms with Gasteiger partial charge in [-0.1, -0.05) is 25.6 Å². The van der Waals surface area contributed by atoms with Gasteiger partial charge in [-0.15, -0.1) is 11.3 Å². The summed E-state index contributed by atoms with van der Waals surface area (Å²) >= 11 is 3.04. The molecule has 5 nitrogen and oxygen atoms in total. The van der Waals surface area contributed by atoms with Crippen molar-refractivity contribution in [3.63, 3.8) is 0 Å². The quantitative estimate of drug-likeness (QED) is 0.557. The molecule has 3 rings (SSSR count). The minimum absolute atomic E-state index is 0.0229. The van der Waals surface area contributed by atoms with Gasteiger partial charge in [0.15, 0.2) is 5.16 Å². The number of nitrogens with one attached hydrogen (secondary N) is 1. The number of carbonyl (C=O) groups is 1. The van der Waals surface area contributed by atoms with Gasteiger partial charge in [-0.05, 0) is 57.4 Å². The fourth-order valence-corrected chi connectivity index (χ4v) is 5.55. The highest BCUT2D eigenvalue weighted by molar-refractivity contribution is 7.99. The van der Waals surface area contributed by atoms with E-state index in [1.807, 2.05) is 13.8 Å². The number of fused-ring (bicyclic) bond motifs is 3. The van der Waals surface area contributed by atoms with Gasteiger partial charge in [-0.25, -0.2) is 4.98 Å². The summed E-state index contributed by atoms with van der Waals surface area (Å²) in [4.78, 5) is 32.4. The van der Waals surface area contributed by atoms with Crippen molar-refractivity contribution in [2.75, 3.05) is 5.75 Å². The number of carbonyl (C=O) groups excluding carboxylic acids is 1. The third-order valence-electron chi connectivity index (χ3n) is 4.75. The molecule has 2 heterocycles. The smallest absolute Gasteiger partial charge is 0.263 e. The van der Waals surface area contributed by atoms with Gasteiger partial charge in [-0.3, -0.25) is 14.2 Å². The molecule has 27 heavy (non-hydrogen) atoms. The SMILES string of the molecule is CC(C)CCn1c(SCC(=O)NC(C)C)nc2sc3c(c2c1=O)CCCC3. The van der Waals surface area contributed by atoms with E-state index in [2.05, 4.69) is 19.2 Å². The number of aromatic nitrogens is 2. The Morgan fingerprint density at radius 3 is 2.70 bits per heavy atom. The minimum Gasteiger partial charge on any atom is -0.353 e. The molecule has 0 aromatic carbocycles. The molecule has 148 valence electrons. The van der Waals surface area contributed by atoms with E-state index in [9.17, 15) is 9.59 Å². The van der Waals surface area contributed by atoms with E-state index in [4.69, 9.17) is 4.98 Å². The number of hydrogen-bond acceptors (Lipinski definition) is 5. The molecule has 0 atom stereocenters. The number of aryl methyl sites for hydroxylation is 2. The fraction of sp³-hybridized carbons (Fsp3) is 0.650. The Hall–Kier alpha value is -1.34. The van der Waals surface area contributed by atoms with Gasteiger partial charge in [-0.2, -0.15) is 0 Å². The minimum atomic E-state index is -0.0229. The predicted octanol–water partition coefficient (Wildman–Crippen LogP) is 4.00. The Balaban J connectivity index is 1.98. The molecule has 1 aliphatic carbocycles. The van der Waals surface area contributed by atoms with Gasteiger partial charge in [0.05, 0.1) is 11.1 Å². The van der Waals surface area contributed by atoms with Crippen molar-refractivity contribution in [3.8, 4) is 0 Å². The molecule has 0 saturated heterocycles. The number of amides is 1. The zero-order valence-corrected chi connectivity index (χ0v) is 18.3. The molecule has 0 unspecified atom stereocenters. The van der Waals surface area contributed by atoms with Crippen LogP contribution in [0.4, 0.5) is 0 Å². The van der Waals surface area contributed by atoms with Crippen LogP contribution in [0.1, 0.15) is 57.4 Å². The number of nitrogens with zero attached hydrogens (tertiary/aromatic N) is 2. The van der Waals surface area contributed by atoms with Crippen molar-refractivity contribution in [3.05, 3.63) is 20.8 Å². The summed E-state index contributed by atoms with van der Waals surface area (Å²) in [6.45, 7) is 8.86. The molecule has 2 aromatic heterocycles. The van der Waals surface area contributed by atoms with E-state index < -0.39 is 0 Å². The van der Waals surface area contributed by atoms with E-state index >= 15 is 0 Å². The van der Waals surface area contributed by atoms with Gasteiger partial charge >= 0.3 is 0 Å². The highest BCUT2D eigenvalue weighted by Crippen LogP contribution is 2.34. The van der Waals surface area contributed by atoms with Crippen LogP contribution in [0.5, 0.6) is 0 Å². The van der Waals surface area contributed by atoms with Crippen molar-refractivity contribution < 1.29 is 4.79 Å². The molecule has 0 radical (unpaired) electrons. The molecule has 0 saturated carbocycles. The van der Waals surface area contributed by atoms with Gasteiger partial charge in [0, 0.05) is 17.5 Å². The maximum Gasteiger partial charge on any atom is 0.263 e. The predicted molar refractivity (Wildman–Crippen MR) is 114 cm³/mol. The lowest BCUT2D eigenvalue weighted by molar-refractivity contribution is -0.119. The van der Waals surface area contributed by atoms with Crippen LogP contribution >= 0.6 is 23.1 Å². The third kappa shape index (κ3) is 4.74. The number of rotatable bonds is 7. The number of thioether (sulfide) groups is 1. The topological polar surface area (TPSA) is 64.0 Å². The van der Waals surface area contributed by atoms with Crippen LogP contribution in [0.15, 0.2) is 9.95 Å². The van der Waals surface area contributed by atoms with E-state index in [0.717, 1.165) is 35.9 Å². The van der Waals surface area contributed by atoms with Crippen molar-refractivity contribution in [2.24, 2.45) is 5.92 Å². The first-order chi connectivity index (χ1) is 12.9. The second kappa shape index (κ2) is 8.78. The maximum atomic E-state index is 13.3. The lowest BCUT2D eigenvalue weighted by Gasteiger charge is -2.15. The van der Waals surface area contributed by atoms with Crippen LogP contribution in [-0.4, -0.2) is 27.3 Å². The van der Waals surface area contributed by atoms with Crippen molar-refractivity contribution >= 4 is 39.2 Å².